The SMILES string of the molecule is O=C(/C=C/c1ccc(O)c(O)c1)OC1CCC(OC(=O)/C=C/c2ccc(O)c(O)c2)CC1. The topological polar surface area (TPSA) is 134 Å². The highest BCUT2D eigenvalue weighted by Crippen LogP contribution is 2.27. The molecule has 1 fully saturated rings. The van der Waals surface area contributed by atoms with E-state index >= 15 is 0 Å². The van der Waals surface area contributed by atoms with Gasteiger partial charge in [0.1, 0.15) is 12.2 Å². The van der Waals surface area contributed by atoms with Gasteiger partial charge in [-0.2, -0.15) is 0 Å². The maximum Gasteiger partial charge on any atom is 0.331 e. The maximum absolute atomic E-state index is 12.0. The summed E-state index contributed by atoms with van der Waals surface area (Å²) in [5, 5.41) is 37.5. The predicted molar refractivity (Wildman–Crippen MR) is 116 cm³/mol. The molecule has 3 rings (SSSR count). The first-order valence-corrected chi connectivity index (χ1v) is 10.1. The average Bonchev–Trinajstić information content (AvgIpc) is 2.77. The molecule has 2 aromatic rings. The first kappa shape index (κ1) is 22.7. The van der Waals surface area contributed by atoms with Crippen LogP contribution in [0.15, 0.2) is 48.6 Å². The van der Waals surface area contributed by atoms with Crippen molar-refractivity contribution in [3.8, 4) is 23.0 Å². The summed E-state index contributed by atoms with van der Waals surface area (Å²) in [5.41, 5.74) is 1.09. The second-order valence-corrected chi connectivity index (χ2v) is 7.44. The van der Waals surface area contributed by atoms with Crippen LogP contribution in [0.3, 0.4) is 0 Å². The Hall–Kier alpha value is -3.94. The van der Waals surface area contributed by atoms with E-state index < -0.39 is 11.9 Å². The maximum atomic E-state index is 12.0. The third-order valence-electron chi connectivity index (χ3n) is 5.01. The number of aromatic hydroxyl groups is 4. The molecule has 0 atom stereocenters. The van der Waals surface area contributed by atoms with Crippen molar-refractivity contribution in [2.75, 3.05) is 0 Å². The van der Waals surface area contributed by atoms with Crippen LogP contribution in [0.1, 0.15) is 36.8 Å². The number of carbonyl (C=O) groups is 2. The Balaban J connectivity index is 1.41. The van der Waals surface area contributed by atoms with Gasteiger partial charge < -0.3 is 29.9 Å². The summed E-state index contributed by atoms with van der Waals surface area (Å²) in [4.78, 5) is 24.0. The molecule has 1 aliphatic carbocycles. The molecular weight excluding hydrogens is 416 g/mol. The second-order valence-electron chi connectivity index (χ2n) is 7.44. The molecule has 2 aromatic carbocycles. The molecule has 0 amide bonds. The lowest BCUT2D eigenvalue weighted by Crippen LogP contribution is -2.29. The number of rotatable bonds is 6. The van der Waals surface area contributed by atoms with Gasteiger partial charge in [0.05, 0.1) is 0 Å². The lowest BCUT2D eigenvalue weighted by atomic mass is 9.95. The van der Waals surface area contributed by atoms with E-state index in [0.717, 1.165) is 0 Å². The lowest BCUT2D eigenvalue weighted by molar-refractivity contribution is -0.151. The normalized spacial score (nSPS) is 18.6. The fourth-order valence-corrected chi connectivity index (χ4v) is 3.29. The largest absolute Gasteiger partial charge is 0.504 e. The smallest absolute Gasteiger partial charge is 0.331 e. The van der Waals surface area contributed by atoms with Crippen LogP contribution in [0, 0.1) is 0 Å². The minimum absolute atomic E-state index is 0.239. The zero-order chi connectivity index (χ0) is 23.1. The Labute approximate surface area is 184 Å². The Morgan fingerprint density at radius 1 is 0.656 bits per heavy atom. The van der Waals surface area contributed by atoms with Crippen molar-refractivity contribution < 1.29 is 39.5 Å². The van der Waals surface area contributed by atoms with Crippen LogP contribution < -0.4 is 0 Å². The Bertz CT molecular complexity index is 949. The zero-order valence-corrected chi connectivity index (χ0v) is 17.2. The molecule has 1 saturated carbocycles. The van der Waals surface area contributed by atoms with Crippen LogP contribution in [0.2, 0.25) is 0 Å². The quantitative estimate of drug-likeness (QED) is 0.304. The third-order valence-corrected chi connectivity index (χ3v) is 5.01. The van der Waals surface area contributed by atoms with E-state index in [9.17, 15) is 30.0 Å². The summed E-state index contributed by atoms with van der Waals surface area (Å²) in [5.74, 6) is -2.06. The summed E-state index contributed by atoms with van der Waals surface area (Å²) in [7, 11) is 0. The molecule has 0 aromatic heterocycles. The third kappa shape index (κ3) is 6.53. The summed E-state index contributed by atoms with van der Waals surface area (Å²) < 4.78 is 10.8. The number of hydrogen-bond acceptors (Lipinski definition) is 8. The molecule has 0 bridgehead atoms. The molecule has 168 valence electrons. The zero-order valence-electron chi connectivity index (χ0n) is 17.2. The van der Waals surface area contributed by atoms with Crippen molar-refractivity contribution in [1.82, 2.24) is 0 Å². The fourth-order valence-electron chi connectivity index (χ4n) is 3.29. The van der Waals surface area contributed by atoms with E-state index in [-0.39, 0.29) is 35.2 Å². The van der Waals surface area contributed by atoms with Gasteiger partial charge in [-0.3, -0.25) is 0 Å². The van der Waals surface area contributed by atoms with Crippen molar-refractivity contribution in [1.29, 1.82) is 0 Å². The molecule has 0 saturated heterocycles. The van der Waals surface area contributed by atoms with Gasteiger partial charge in [0, 0.05) is 12.2 Å². The Morgan fingerprint density at radius 2 is 1.03 bits per heavy atom. The molecule has 0 aliphatic heterocycles. The van der Waals surface area contributed by atoms with Crippen LogP contribution >= 0.6 is 0 Å². The van der Waals surface area contributed by atoms with E-state index in [1.807, 2.05) is 0 Å². The number of benzene rings is 2. The monoisotopic (exact) mass is 440 g/mol. The first-order valence-electron chi connectivity index (χ1n) is 10.1. The minimum Gasteiger partial charge on any atom is -0.504 e. The van der Waals surface area contributed by atoms with Gasteiger partial charge in [0.15, 0.2) is 23.0 Å². The van der Waals surface area contributed by atoms with Gasteiger partial charge >= 0.3 is 11.9 Å². The number of carbonyl (C=O) groups excluding carboxylic acids is 2. The average molecular weight is 440 g/mol. The summed E-state index contributed by atoms with van der Waals surface area (Å²) in [6.07, 6.45) is 7.18. The van der Waals surface area contributed by atoms with Crippen LogP contribution in [0.5, 0.6) is 23.0 Å². The van der Waals surface area contributed by atoms with Crippen molar-refractivity contribution in [2.45, 2.75) is 37.9 Å². The predicted octanol–water partition coefficient (Wildman–Crippen LogP) is 3.63. The van der Waals surface area contributed by atoms with Crippen molar-refractivity contribution in [2.24, 2.45) is 0 Å². The minimum atomic E-state index is -0.516. The van der Waals surface area contributed by atoms with Crippen molar-refractivity contribution >= 4 is 24.1 Å². The van der Waals surface area contributed by atoms with Gasteiger partial charge in [-0.25, -0.2) is 9.59 Å². The van der Waals surface area contributed by atoms with E-state index in [1.54, 1.807) is 12.1 Å². The van der Waals surface area contributed by atoms with Crippen LogP contribution in [-0.4, -0.2) is 44.6 Å². The molecule has 32 heavy (non-hydrogen) atoms. The molecule has 4 N–H and O–H groups in total. The van der Waals surface area contributed by atoms with Crippen molar-refractivity contribution in [3.63, 3.8) is 0 Å². The van der Waals surface area contributed by atoms with Gasteiger partial charge in [-0.1, -0.05) is 12.1 Å². The van der Waals surface area contributed by atoms with E-state index in [4.69, 9.17) is 9.47 Å². The van der Waals surface area contributed by atoms with Crippen LogP contribution in [-0.2, 0) is 19.1 Å². The van der Waals surface area contributed by atoms with Crippen LogP contribution in [0.4, 0.5) is 0 Å². The fraction of sp³-hybridized carbons (Fsp3) is 0.250. The van der Waals surface area contributed by atoms with Crippen molar-refractivity contribution in [3.05, 3.63) is 59.7 Å². The number of esters is 2. The van der Waals surface area contributed by atoms with E-state index in [2.05, 4.69) is 0 Å². The molecular formula is C24H24O8. The van der Waals surface area contributed by atoms with Gasteiger partial charge in [0.25, 0.3) is 0 Å². The number of hydrogen-bond donors (Lipinski definition) is 4. The lowest BCUT2D eigenvalue weighted by Gasteiger charge is -2.27. The summed E-state index contributed by atoms with van der Waals surface area (Å²) >= 11 is 0. The molecule has 0 spiro atoms. The molecule has 0 radical (unpaired) electrons. The Kier molecular flexibility index (Phi) is 7.38. The second kappa shape index (κ2) is 10.4. The van der Waals surface area contributed by atoms with E-state index in [1.165, 1.54) is 48.6 Å². The van der Waals surface area contributed by atoms with Gasteiger partial charge in [-0.15, -0.1) is 0 Å². The first-order chi connectivity index (χ1) is 15.3. The number of phenolic OH excluding ortho intramolecular Hbond substituents is 4. The number of phenols is 4. The molecule has 0 unspecified atom stereocenters. The summed E-state index contributed by atoms with van der Waals surface area (Å²) in [6.45, 7) is 0. The highest BCUT2D eigenvalue weighted by Gasteiger charge is 2.25. The summed E-state index contributed by atoms with van der Waals surface area (Å²) in [6, 6.07) is 8.42. The highest BCUT2D eigenvalue weighted by molar-refractivity contribution is 5.88. The Morgan fingerprint density at radius 3 is 1.38 bits per heavy atom. The molecule has 8 nitrogen and oxygen atoms in total. The molecule has 0 heterocycles. The van der Waals surface area contributed by atoms with E-state index in [0.29, 0.717) is 36.8 Å². The van der Waals surface area contributed by atoms with Gasteiger partial charge in [-0.05, 0) is 73.2 Å². The van der Waals surface area contributed by atoms with Gasteiger partial charge in [0.2, 0.25) is 0 Å². The molecule has 8 heteroatoms. The standard InChI is InChI=1S/C24H24O8/c25-19-9-1-15(13-21(19)27)3-11-23(29)31-17-5-7-18(8-6-17)32-24(30)12-4-16-2-10-20(26)22(28)14-16/h1-4,9-14,17-18,25-28H,5-8H2/b11-3+,12-4+. The highest BCUT2D eigenvalue weighted by atomic mass is 16.6. The van der Waals surface area contributed by atoms with Crippen LogP contribution in [0.25, 0.3) is 12.2 Å². The number of ether oxygens (including phenoxy) is 2. The molecule has 1 aliphatic rings.